The molecule has 658 valence electrons. The number of hydrogen-bond acceptors (Lipinski definition) is 11. The van der Waals surface area contributed by atoms with Crippen molar-refractivity contribution in [3.8, 4) is 90.7 Å². The maximum absolute atomic E-state index is 6.30. The fourth-order valence-corrected chi connectivity index (χ4v) is 22.6. The van der Waals surface area contributed by atoms with E-state index < -0.39 is 0 Å². The van der Waals surface area contributed by atoms with Crippen LogP contribution in [0.2, 0.25) is 0 Å². The van der Waals surface area contributed by atoms with E-state index in [0.29, 0.717) is 34.6 Å². The molecular formula is C126H74N10O4S. The van der Waals surface area contributed by atoms with Gasteiger partial charge in [-0.05, 0) is 170 Å². The number of para-hydroxylation sites is 9. The van der Waals surface area contributed by atoms with E-state index in [0.717, 1.165) is 166 Å². The average Bonchev–Trinajstić information content (AvgIpc) is 1.55. The third-order valence-electron chi connectivity index (χ3n) is 27.8. The van der Waals surface area contributed by atoms with Crippen LogP contribution in [0.4, 0.5) is 0 Å². The second kappa shape index (κ2) is 31.8. The van der Waals surface area contributed by atoms with Crippen LogP contribution in [0.25, 0.3) is 286 Å². The second-order valence-corrected chi connectivity index (χ2v) is 36.9. The topological polar surface area (TPSA) is 150 Å². The maximum Gasteiger partial charge on any atom is 0.231 e. The van der Waals surface area contributed by atoms with Crippen LogP contribution < -0.4 is 0 Å². The van der Waals surface area contributed by atoms with Crippen molar-refractivity contribution in [2.75, 3.05) is 0 Å². The molecule has 19 aromatic carbocycles. The van der Waals surface area contributed by atoms with E-state index in [1.165, 1.54) is 85.3 Å². The smallest absolute Gasteiger partial charge is 0.231 e. The Morgan fingerprint density at radius 1 is 0.163 bits per heavy atom. The Balaban J connectivity index is 0.000000102. The Kier molecular flexibility index (Phi) is 17.9. The first kappa shape index (κ1) is 79.4. The summed E-state index contributed by atoms with van der Waals surface area (Å²) < 4.78 is 37.1. The zero-order chi connectivity index (χ0) is 92.4. The van der Waals surface area contributed by atoms with Crippen molar-refractivity contribution in [3.63, 3.8) is 0 Å². The highest BCUT2D eigenvalue weighted by molar-refractivity contribution is 7.25. The molecule has 31 aromatic rings. The van der Waals surface area contributed by atoms with E-state index in [1.807, 2.05) is 133 Å². The van der Waals surface area contributed by atoms with E-state index in [-0.39, 0.29) is 0 Å². The summed E-state index contributed by atoms with van der Waals surface area (Å²) in [4.78, 5) is 30.2. The van der Waals surface area contributed by atoms with E-state index in [4.69, 9.17) is 47.6 Å². The molecule has 0 saturated carbocycles. The predicted octanol–water partition coefficient (Wildman–Crippen LogP) is 33.8. The first-order valence-corrected chi connectivity index (χ1v) is 48.0. The van der Waals surface area contributed by atoms with Gasteiger partial charge in [0.25, 0.3) is 0 Å². The van der Waals surface area contributed by atoms with Crippen molar-refractivity contribution in [2.24, 2.45) is 0 Å². The summed E-state index contributed by atoms with van der Waals surface area (Å²) in [6, 6.07) is 157. The molecule has 0 saturated heterocycles. The molecule has 0 radical (unpaired) electrons. The first-order valence-electron chi connectivity index (χ1n) is 47.2. The molecule has 12 heterocycles. The van der Waals surface area contributed by atoms with Crippen LogP contribution >= 0.6 is 11.3 Å². The molecule has 0 fully saturated rings. The van der Waals surface area contributed by atoms with Gasteiger partial charge >= 0.3 is 0 Å². The summed E-state index contributed by atoms with van der Waals surface area (Å²) >= 11 is 1.85. The number of thiophene rings is 1. The number of aromatic nitrogens is 10. The zero-order valence-corrected chi connectivity index (χ0v) is 76.1. The van der Waals surface area contributed by atoms with Gasteiger partial charge in [-0.15, -0.1) is 11.3 Å². The lowest BCUT2D eigenvalue weighted by molar-refractivity contribution is 0.653. The number of benzene rings is 19. The van der Waals surface area contributed by atoms with Crippen molar-refractivity contribution in [2.45, 2.75) is 0 Å². The Morgan fingerprint density at radius 3 is 0.830 bits per heavy atom. The average molecular weight is 1820 g/mol. The van der Waals surface area contributed by atoms with Crippen LogP contribution in [-0.4, -0.2) is 48.2 Å². The number of rotatable bonds is 10. The van der Waals surface area contributed by atoms with Gasteiger partial charge in [0.2, 0.25) is 17.1 Å². The maximum atomic E-state index is 6.30. The lowest BCUT2D eigenvalue weighted by Crippen LogP contribution is -1.97. The summed E-state index contributed by atoms with van der Waals surface area (Å²) in [6.45, 7) is 0. The van der Waals surface area contributed by atoms with Gasteiger partial charge in [-0.1, -0.05) is 273 Å². The lowest BCUT2D eigenvalue weighted by atomic mass is 10.1. The van der Waals surface area contributed by atoms with Crippen LogP contribution in [0.5, 0.6) is 0 Å². The quantitative estimate of drug-likeness (QED) is 0.129. The molecule has 141 heavy (non-hydrogen) atoms. The minimum absolute atomic E-state index is 0.585. The third-order valence-corrected chi connectivity index (χ3v) is 29.0. The number of fused-ring (bicyclic) bond motifs is 27. The largest absolute Gasteiger partial charge is 0.456 e. The van der Waals surface area contributed by atoms with Crippen LogP contribution in [0, 0.1) is 0 Å². The fourth-order valence-electron chi connectivity index (χ4n) is 21.4. The van der Waals surface area contributed by atoms with Gasteiger partial charge in [0, 0.05) is 152 Å². The highest BCUT2D eigenvalue weighted by Gasteiger charge is 2.27. The SMILES string of the molecule is c1ccc(-c2nc(-c3ccc(-n4c5ccccc5c5cc6c(cc54)oc4ccccc46)cc3)nc3oc4ccccc4c23)cc1.c1ccc(-c2nc(-c3ccc(-n4c5ccccc5c5cc6c(cc54)sc4ccccc46)cc3)nc3oc4ccccc4c23)cc1.c1ccc(-c2nc(-c3ccc(-n4c5ccccc5c5cc6c7ccccc7n(-c7ccccc7)c6cc54)cc3)nc3oc4ccccc4c23)cc1. The fraction of sp³-hybridized carbons (Fsp3) is 0. The molecule has 0 atom stereocenters. The predicted molar refractivity (Wildman–Crippen MR) is 578 cm³/mol. The number of nitrogens with zero attached hydrogens (tertiary/aromatic N) is 10. The minimum Gasteiger partial charge on any atom is -0.456 e. The van der Waals surface area contributed by atoms with Crippen molar-refractivity contribution in [3.05, 3.63) is 449 Å². The first-order chi connectivity index (χ1) is 69.9. The molecule has 0 bridgehead atoms. The molecule has 0 aliphatic carbocycles. The van der Waals surface area contributed by atoms with Crippen molar-refractivity contribution >= 4 is 207 Å². The van der Waals surface area contributed by atoms with E-state index in [2.05, 4.69) is 346 Å². The van der Waals surface area contributed by atoms with Crippen LogP contribution in [0.3, 0.4) is 0 Å². The molecule has 14 nitrogen and oxygen atoms in total. The van der Waals surface area contributed by atoms with Gasteiger partial charge in [0.05, 0.1) is 77.4 Å². The molecule has 0 aliphatic rings. The lowest BCUT2D eigenvalue weighted by Gasteiger charge is -2.11. The summed E-state index contributed by atoms with van der Waals surface area (Å²) in [7, 11) is 0. The Hall–Kier alpha value is -19.0. The van der Waals surface area contributed by atoms with Gasteiger partial charge in [-0.3, -0.25) is 0 Å². The number of furan rings is 4. The Labute approximate surface area is 806 Å². The molecule has 0 N–H and O–H groups in total. The Bertz CT molecular complexity index is 10100. The van der Waals surface area contributed by atoms with Gasteiger partial charge in [-0.2, -0.15) is 15.0 Å². The van der Waals surface area contributed by atoms with Crippen LogP contribution in [0.1, 0.15) is 0 Å². The Morgan fingerprint density at radius 2 is 0.447 bits per heavy atom. The molecule has 0 spiro atoms. The molecule has 15 heteroatoms. The van der Waals surface area contributed by atoms with Crippen LogP contribution in [-0.2, 0) is 0 Å². The summed E-state index contributed by atoms with van der Waals surface area (Å²) in [6.07, 6.45) is 0. The minimum atomic E-state index is 0.585. The third kappa shape index (κ3) is 12.8. The van der Waals surface area contributed by atoms with Crippen molar-refractivity contribution < 1.29 is 17.7 Å². The van der Waals surface area contributed by atoms with Crippen molar-refractivity contribution in [1.82, 2.24) is 48.2 Å². The van der Waals surface area contributed by atoms with Crippen molar-refractivity contribution in [1.29, 1.82) is 0 Å². The van der Waals surface area contributed by atoms with E-state index in [1.54, 1.807) is 0 Å². The van der Waals surface area contributed by atoms with E-state index in [9.17, 15) is 0 Å². The van der Waals surface area contributed by atoms with Gasteiger partial charge in [0.15, 0.2) is 17.5 Å². The molecule has 31 rings (SSSR count). The number of hydrogen-bond donors (Lipinski definition) is 0. The monoisotopic (exact) mass is 1820 g/mol. The normalized spacial score (nSPS) is 12.0. The van der Waals surface area contributed by atoms with Gasteiger partial charge in [-0.25, -0.2) is 15.0 Å². The van der Waals surface area contributed by atoms with Crippen LogP contribution in [0.15, 0.2) is 467 Å². The summed E-state index contributed by atoms with van der Waals surface area (Å²) in [5.41, 5.74) is 28.1. The van der Waals surface area contributed by atoms with E-state index >= 15 is 0 Å². The van der Waals surface area contributed by atoms with Gasteiger partial charge in [0.1, 0.15) is 27.9 Å². The molecule has 12 aromatic heterocycles. The molecule has 0 amide bonds. The summed E-state index contributed by atoms with van der Waals surface area (Å²) in [5.74, 6) is 1.89. The van der Waals surface area contributed by atoms with Gasteiger partial charge < -0.3 is 35.9 Å². The molecule has 0 aliphatic heterocycles. The highest BCUT2D eigenvalue weighted by atomic mass is 32.1. The second-order valence-electron chi connectivity index (χ2n) is 35.8. The zero-order valence-electron chi connectivity index (χ0n) is 75.2. The standard InChI is InChI=1S/C46H28N4O.C40H23N3O2.C40H23N3OS/c1-3-13-29(14-4-1)44-43-35-19-9-12-22-42(35)51-46(43)48-45(47-44)30-23-25-32(26-24-30)50-39-21-11-8-18-34(39)37-27-36-33-17-7-10-20-38(33)49(40(36)28-41(37)50)31-15-5-2-6-16-31;1-2-10-24(11-3-1)38-37-29-14-6-9-17-35(29)45-40(37)42-39(41-38)25-18-20-26(21-19-25)43-32-15-7-4-12-27(32)30-22-31-28-13-5-8-16-34(28)44-36(31)23-33(30)43;1-2-10-24(11-3-1)38-37-29-14-5-8-16-34(29)44-40(37)42-39(41-38)25-18-20-26(21-19-25)43-32-15-7-4-12-27(32)30-22-31-28-13-6-9-17-35(28)45-36(31)23-33(30)43/h1-28H;2*1-23H. The molecule has 0 unspecified atom stereocenters. The molecular weight excluding hydrogens is 1750 g/mol. The highest BCUT2D eigenvalue weighted by Crippen LogP contribution is 2.48. The summed E-state index contributed by atoms with van der Waals surface area (Å²) in [5, 5.41) is 20.6.